The second-order valence-corrected chi connectivity index (χ2v) is 9.17. The zero-order chi connectivity index (χ0) is 24.8. The summed E-state index contributed by atoms with van der Waals surface area (Å²) in [4.78, 5) is 30.1. The molecule has 182 valence electrons. The highest BCUT2D eigenvalue weighted by Crippen LogP contribution is 2.23. The van der Waals surface area contributed by atoms with Crippen LogP contribution in [0.1, 0.15) is 20.0 Å². The number of ether oxygens (including phenoxy) is 2. The predicted octanol–water partition coefficient (Wildman–Crippen LogP) is 3.85. The number of carbonyl (C=O) groups is 2. The summed E-state index contributed by atoms with van der Waals surface area (Å²) in [6.45, 7) is 2.90. The van der Waals surface area contributed by atoms with E-state index in [-0.39, 0.29) is 16.9 Å². The van der Waals surface area contributed by atoms with E-state index in [0.29, 0.717) is 30.2 Å². The second-order valence-electron chi connectivity index (χ2n) is 7.81. The lowest BCUT2D eigenvalue weighted by atomic mass is 10.2. The molecule has 1 aromatic heterocycles. The third-order valence-corrected chi connectivity index (χ3v) is 6.69. The summed E-state index contributed by atoms with van der Waals surface area (Å²) in [5, 5.41) is 7.82. The lowest BCUT2D eigenvalue weighted by Gasteiger charge is -2.36. The summed E-state index contributed by atoms with van der Waals surface area (Å²) in [5.74, 6) is 0.759. The fourth-order valence-electron chi connectivity index (χ4n) is 3.76. The molecule has 2 N–H and O–H groups in total. The minimum absolute atomic E-state index is 0.0992. The Morgan fingerprint density at radius 3 is 2.17 bits per heavy atom. The lowest BCUT2D eigenvalue weighted by molar-refractivity contribution is 0.0751. The molecule has 1 fully saturated rings. The Hall–Kier alpha value is -3.63. The van der Waals surface area contributed by atoms with Crippen LogP contribution in [-0.2, 0) is 0 Å². The van der Waals surface area contributed by atoms with Gasteiger partial charge in [0.05, 0.1) is 19.1 Å². The lowest BCUT2D eigenvalue weighted by Crippen LogP contribution is -2.48. The molecule has 0 unspecified atom stereocenters. The van der Waals surface area contributed by atoms with Crippen LogP contribution < -0.4 is 25.0 Å². The SMILES string of the molecule is COc1cc(OC)cc(C(=O)NC(=S)Nc2ccc(N3CCN(C(=O)c4cccs4)CC3)cc2)c1. The van der Waals surface area contributed by atoms with E-state index in [1.165, 1.54) is 25.6 Å². The van der Waals surface area contributed by atoms with Crippen molar-refractivity contribution in [2.75, 3.05) is 50.6 Å². The van der Waals surface area contributed by atoms with E-state index in [9.17, 15) is 9.59 Å². The number of hydrogen-bond donors (Lipinski definition) is 2. The third kappa shape index (κ3) is 6.09. The Morgan fingerprint density at radius 2 is 1.60 bits per heavy atom. The van der Waals surface area contributed by atoms with Crippen LogP contribution in [0.2, 0.25) is 0 Å². The van der Waals surface area contributed by atoms with Gasteiger partial charge in [-0.25, -0.2) is 0 Å². The molecule has 0 radical (unpaired) electrons. The molecule has 0 bridgehead atoms. The number of anilines is 2. The molecule has 2 aromatic carbocycles. The Morgan fingerprint density at radius 1 is 0.943 bits per heavy atom. The molecule has 0 atom stereocenters. The second kappa shape index (κ2) is 11.2. The monoisotopic (exact) mass is 510 g/mol. The van der Waals surface area contributed by atoms with Gasteiger partial charge in [-0.05, 0) is 60.1 Å². The number of thiocarbonyl (C=S) groups is 1. The van der Waals surface area contributed by atoms with E-state index >= 15 is 0 Å². The van der Waals surface area contributed by atoms with Crippen molar-refractivity contribution in [3.05, 3.63) is 70.4 Å². The number of thiophene rings is 1. The van der Waals surface area contributed by atoms with Crippen LogP contribution in [0.25, 0.3) is 0 Å². The van der Waals surface area contributed by atoms with Gasteiger partial charge in [0.25, 0.3) is 11.8 Å². The Bertz CT molecular complexity index is 1170. The van der Waals surface area contributed by atoms with Crippen LogP contribution in [0.3, 0.4) is 0 Å². The largest absolute Gasteiger partial charge is 0.497 e. The number of hydrogen-bond acceptors (Lipinski definition) is 7. The fourth-order valence-corrected chi connectivity index (χ4v) is 4.66. The average Bonchev–Trinajstić information content (AvgIpc) is 3.43. The van der Waals surface area contributed by atoms with Gasteiger partial charge in [0, 0.05) is 49.2 Å². The topological polar surface area (TPSA) is 83.1 Å². The van der Waals surface area contributed by atoms with Crippen molar-refractivity contribution in [2.24, 2.45) is 0 Å². The maximum absolute atomic E-state index is 12.6. The minimum atomic E-state index is -0.369. The first-order chi connectivity index (χ1) is 17.0. The first-order valence-corrected chi connectivity index (χ1v) is 12.3. The van der Waals surface area contributed by atoms with Gasteiger partial charge < -0.3 is 24.6 Å². The van der Waals surface area contributed by atoms with Crippen molar-refractivity contribution in [3.8, 4) is 11.5 Å². The number of methoxy groups -OCH3 is 2. The van der Waals surface area contributed by atoms with E-state index in [1.54, 1.807) is 18.2 Å². The Kier molecular flexibility index (Phi) is 7.84. The van der Waals surface area contributed by atoms with Crippen LogP contribution in [0.4, 0.5) is 11.4 Å². The maximum Gasteiger partial charge on any atom is 0.264 e. The van der Waals surface area contributed by atoms with Crippen molar-refractivity contribution in [1.29, 1.82) is 0 Å². The molecular formula is C25H26N4O4S2. The van der Waals surface area contributed by atoms with E-state index in [2.05, 4.69) is 15.5 Å². The van der Waals surface area contributed by atoms with Gasteiger partial charge in [-0.3, -0.25) is 14.9 Å². The summed E-state index contributed by atoms with van der Waals surface area (Å²) >= 11 is 6.79. The highest BCUT2D eigenvalue weighted by atomic mass is 32.1. The number of nitrogens with one attached hydrogen (secondary N) is 2. The molecule has 0 spiro atoms. The van der Waals surface area contributed by atoms with Crippen molar-refractivity contribution in [3.63, 3.8) is 0 Å². The molecule has 0 aliphatic carbocycles. The Balaban J connectivity index is 1.29. The number of piperazine rings is 1. The van der Waals surface area contributed by atoms with Crippen LogP contribution in [0.5, 0.6) is 11.5 Å². The quantitative estimate of drug-likeness (QED) is 0.488. The van der Waals surface area contributed by atoms with E-state index in [0.717, 1.165) is 29.3 Å². The Labute approximate surface area is 213 Å². The summed E-state index contributed by atoms with van der Waals surface area (Å²) in [7, 11) is 3.05. The summed E-state index contributed by atoms with van der Waals surface area (Å²) in [6.07, 6.45) is 0. The van der Waals surface area contributed by atoms with Gasteiger partial charge in [0.15, 0.2) is 5.11 Å². The molecular weight excluding hydrogens is 484 g/mol. The number of amides is 2. The molecule has 2 heterocycles. The third-order valence-electron chi connectivity index (χ3n) is 5.63. The van der Waals surface area contributed by atoms with Crippen molar-refractivity contribution in [1.82, 2.24) is 10.2 Å². The molecule has 1 aliphatic rings. The summed E-state index contributed by atoms with van der Waals surface area (Å²) < 4.78 is 10.4. The molecule has 3 aromatic rings. The van der Waals surface area contributed by atoms with Gasteiger partial charge >= 0.3 is 0 Å². The van der Waals surface area contributed by atoms with Crippen LogP contribution in [0.15, 0.2) is 60.0 Å². The summed E-state index contributed by atoms with van der Waals surface area (Å²) in [5.41, 5.74) is 2.20. The zero-order valence-corrected chi connectivity index (χ0v) is 21.1. The number of rotatable bonds is 6. The summed E-state index contributed by atoms with van der Waals surface area (Å²) in [6, 6.07) is 16.5. The smallest absolute Gasteiger partial charge is 0.264 e. The fraction of sp³-hybridized carbons (Fsp3) is 0.240. The van der Waals surface area contributed by atoms with Gasteiger partial charge in [-0.15, -0.1) is 11.3 Å². The van der Waals surface area contributed by atoms with Gasteiger partial charge in [0.1, 0.15) is 11.5 Å². The van der Waals surface area contributed by atoms with Gasteiger partial charge in [-0.1, -0.05) is 6.07 Å². The molecule has 8 nitrogen and oxygen atoms in total. The molecule has 1 aliphatic heterocycles. The molecule has 4 rings (SSSR count). The van der Waals surface area contributed by atoms with Gasteiger partial charge in [0.2, 0.25) is 0 Å². The predicted molar refractivity (Wildman–Crippen MR) is 142 cm³/mol. The standard InChI is InChI=1S/C25H26N4O4S2/c1-32-20-14-17(15-21(16-20)33-2)23(30)27-25(34)26-18-5-7-19(8-6-18)28-9-11-29(12-10-28)24(31)22-4-3-13-35-22/h3-8,13-16H,9-12H2,1-2H3,(H2,26,27,30,34). The number of carbonyl (C=O) groups excluding carboxylic acids is 2. The van der Waals surface area contributed by atoms with Crippen LogP contribution in [0, 0.1) is 0 Å². The highest BCUT2D eigenvalue weighted by molar-refractivity contribution is 7.80. The molecule has 1 saturated heterocycles. The molecule has 0 saturated carbocycles. The van der Waals surface area contributed by atoms with Crippen molar-refractivity contribution in [2.45, 2.75) is 0 Å². The van der Waals surface area contributed by atoms with E-state index < -0.39 is 0 Å². The average molecular weight is 511 g/mol. The first-order valence-electron chi connectivity index (χ1n) is 11.0. The highest BCUT2D eigenvalue weighted by Gasteiger charge is 2.22. The van der Waals surface area contributed by atoms with Crippen molar-refractivity contribution < 1.29 is 19.1 Å². The van der Waals surface area contributed by atoms with Crippen LogP contribution in [-0.4, -0.2) is 62.2 Å². The number of benzene rings is 2. The maximum atomic E-state index is 12.6. The van der Waals surface area contributed by atoms with Crippen molar-refractivity contribution >= 4 is 51.9 Å². The van der Waals surface area contributed by atoms with Crippen LogP contribution >= 0.6 is 23.6 Å². The van der Waals surface area contributed by atoms with E-state index in [4.69, 9.17) is 21.7 Å². The molecule has 2 amide bonds. The zero-order valence-electron chi connectivity index (χ0n) is 19.4. The molecule has 10 heteroatoms. The number of nitrogens with zero attached hydrogens (tertiary/aromatic N) is 2. The minimum Gasteiger partial charge on any atom is -0.497 e. The first kappa shape index (κ1) is 24.5. The normalized spacial score (nSPS) is 13.2. The van der Waals surface area contributed by atoms with E-state index in [1.807, 2.05) is 46.7 Å². The van der Waals surface area contributed by atoms with Gasteiger partial charge in [-0.2, -0.15) is 0 Å². The molecule has 35 heavy (non-hydrogen) atoms.